The number of fused-ring (bicyclic) bond motifs is 5. The topological polar surface area (TPSA) is 46.2 Å². The number of rotatable bonds is 2. The van der Waals surface area contributed by atoms with Crippen molar-refractivity contribution in [3.05, 3.63) is 47.8 Å². The fraction of sp³-hybridized carbons (Fsp3) is 0.600. The molecule has 154 valence electrons. The van der Waals surface area contributed by atoms with Crippen LogP contribution in [0.25, 0.3) is 0 Å². The summed E-state index contributed by atoms with van der Waals surface area (Å²) in [5.74, 6) is 1.70. The van der Waals surface area contributed by atoms with Crippen molar-refractivity contribution in [1.29, 1.82) is 0 Å². The average molecular weight is 396 g/mol. The number of benzene rings is 1. The fourth-order valence-corrected chi connectivity index (χ4v) is 7.58. The van der Waals surface area contributed by atoms with Crippen molar-refractivity contribution in [2.45, 2.75) is 58.4 Å². The summed E-state index contributed by atoms with van der Waals surface area (Å²) in [5.41, 5.74) is 0.697. The van der Waals surface area contributed by atoms with Gasteiger partial charge in [-0.3, -0.25) is 9.59 Å². The third-order valence-electron chi connectivity index (χ3n) is 9.13. The summed E-state index contributed by atoms with van der Waals surface area (Å²) in [5, 5.41) is 3.20. The minimum atomic E-state index is -0.296. The van der Waals surface area contributed by atoms with Gasteiger partial charge >= 0.3 is 0 Å². The Morgan fingerprint density at radius 2 is 1.79 bits per heavy atom. The molecule has 1 aromatic rings. The molecule has 1 aliphatic heterocycles. The molecule has 0 saturated heterocycles. The van der Waals surface area contributed by atoms with Crippen LogP contribution in [0.5, 0.6) is 0 Å². The lowest BCUT2D eigenvalue weighted by atomic mass is 9.47. The third kappa shape index (κ3) is 2.74. The van der Waals surface area contributed by atoms with E-state index < -0.39 is 0 Å². The van der Waals surface area contributed by atoms with Gasteiger partial charge in [-0.15, -0.1) is 0 Å². The molecule has 0 spiro atoms. The minimum Gasteiger partial charge on any atom is -0.349 e. The van der Waals surface area contributed by atoms with Gasteiger partial charge in [-0.05, 0) is 92.0 Å². The predicted molar refractivity (Wildman–Crippen MR) is 110 cm³/mol. The number of amides is 1. The largest absolute Gasteiger partial charge is 0.349 e. The molecule has 0 unspecified atom stereocenters. The molecule has 4 aliphatic rings. The summed E-state index contributed by atoms with van der Waals surface area (Å²) in [4.78, 5) is 25.2. The van der Waals surface area contributed by atoms with Gasteiger partial charge in [0.2, 0.25) is 5.91 Å². The Balaban J connectivity index is 1.42. The molecule has 29 heavy (non-hydrogen) atoms. The monoisotopic (exact) mass is 395 g/mol. The van der Waals surface area contributed by atoms with Gasteiger partial charge < -0.3 is 5.32 Å². The summed E-state index contributed by atoms with van der Waals surface area (Å²) in [6, 6.07) is 6.31. The molecular weight excluding hydrogens is 365 g/mol. The van der Waals surface area contributed by atoms with Crippen molar-refractivity contribution in [1.82, 2.24) is 5.32 Å². The maximum atomic E-state index is 13.3. The first-order chi connectivity index (χ1) is 13.8. The second-order valence-corrected chi connectivity index (χ2v) is 10.3. The average Bonchev–Trinajstić information content (AvgIpc) is 3.06. The van der Waals surface area contributed by atoms with Crippen LogP contribution in [-0.4, -0.2) is 17.7 Å². The van der Waals surface area contributed by atoms with Gasteiger partial charge in [0.05, 0.1) is 0 Å². The van der Waals surface area contributed by atoms with Gasteiger partial charge in [-0.1, -0.05) is 19.9 Å². The Hall–Kier alpha value is -1.97. The molecule has 3 fully saturated rings. The quantitative estimate of drug-likeness (QED) is 0.723. The fourth-order valence-electron chi connectivity index (χ4n) is 7.58. The molecule has 0 radical (unpaired) electrons. The van der Waals surface area contributed by atoms with Crippen LogP contribution < -0.4 is 5.32 Å². The molecule has 3 aliphatic carbocycles. The number of ketones is 1. The van der Waals surface area contributed by atoms with E-state index in [-0.39, 0.29) is 40.3 Å². The van der Waals surface area contributed by atoms with Crippen LogP contribution in [0.3, 0.4) is 0 Å². The van der Waals surface area contributed by atoms with Crippen LogP contribution in [0.15, 0.2) is 36.4 Å². The zero-order valence-electron chi connectivity index (χ0n) is 17.3. The van der Waals surface area contributed by atoms with Gasteiger partial charge in [-0.2, -0.15) is 0 Å². The molecule has 3 nitrogen and oxygen atoms in total. The second kappa shape index (κ2) is 6.52. The van der Waals surface area contributed by atoms with Crippen LogP contribution in [0.4, 0.5) is 4.39 Å². The normalized spacial score (nSPS) is 43.1. The van der Waals surface area contributed by atoms with E-state index in [1.54, 1.807) is 18.2 Å². The maximum absolute atomic E-state index is 13.3. The molecule has 7 atom stereocenters. The lowest BCUT2D eigenvalue weighted by Gasteiger charge is -2.58. The molecule has 1 heterocycles. The van der Waals surface area contributed by atoms with E-state index in [0.717, 1.165) is 38.5 Å². The van der Waals surface area contributed by atoms with Gasteiger partial charge in [0.25, 0.3) is 0 Å². The van der Waals surface area contributed by atoms with Crippen molar-refractivity contribution in [3.63, 3.8) is 0 Å². The van der Waals surface area contributed by atoms with Crippen LogP contribution >= 0.6 is 0 Å². The van der Waals surface area contributed by atoms with E-state index in [4.69, 9.17) is 0 Å². The van der Waals surface area contributed by atoms with Gasteiger partial charge in [0.1, 0.15) is 5.82 Å². The van der Waals surface area contributed by atoms with Crippen LogP contribution in [0, 0.1) is 40.3 Å². The number of hydrogen-bond donors (Lipinski definition) is 1. The Morgan fingerprint density at radius 3 is 2.55 bits per heavy atom. The van der Waals surface area contributed by atoms with E-state index in [9.17, 15) is 14.0 Å². The van der Waals surface area contributed by atoms with E-state index >= 15 is 0 Å². The molecule has 1 aromatic carbocycles. The van der Waals surface area contributed by atoms with Crippen LogP contribution in [0.2, 0.25) is 0 Å². The highest BCUT2D eigenvalue weighted by Gasteiger charge is 2.60. The molecule has 1 N–H and O–H groups in total. The second-order valence-electron chi connectivity index (χ2n) is 10.3. The molecular formula is C25H30FNO2. The van der Waals surface area contributed by atoms with Crippen LogP contribution in [0.1, 0.15) is 62.7 Å². The number of Topliss-reactive ketones (excluding diaryl/α,β-unsaturated/α-hetero) is 1. The summed E-state index contributed by atoms with van der Waals surface area (Å²) >= 11 is 0. The molecule has 0 bridgehead atoms. The standard InChI is InChI=1S/C25H30FNO2/c1-24-13-11-19-17(7-10-21-25(19,2)14-12-22(28)27-21)18(24)8-9-20(24)23(29)15-3-5-16(26)6-4-15/h3-6,12,14,17-21H,7-11,13H2,1-2H3,(H,27,28)/t17-,18-,19-,20+,21+,24-,25+/m0/s1. The molecule has 1 amide bonds. The highest BCUT2D eigenvalue weighted by Crippen LogP contribution is 2.65. The maximum Gasteiger partial charge on any atom is 0.243 e. The predicted octanol–water partition coefficient (Wildman–Crippen LogP) is 4.92. The number of carbonyl (C=O) groups is 2. The first kappa shape index (κ1) is 19.0. The van der Waals surface area contributed by atoms with Crippen molar-refractivity contribution in [2.75, 3.05) is 0 Å². The lowest BCUT2D eigenvalue weighted by molar-refractivity contribution is -0.122. The molecule has 4 heteroatoms. The smallest absolute Gasteiger partial charge is 0.243 e. The number of halogens is 1. The molecule has 3 saturated carbocycles. The van der Waals surface area contributed by atoms with E-state index in [1.165, 1.54) is 12.1 Å². The summed E-state index contributed by atoms with van der Waals surface area (Å²) in [6.07, 6.45) is 10.3. The lowest BCUT2D eigenvalue weighted by Crippen LogP contribution is -2.59. The summed E-state index contributed by atoms with van der Waals surface area (Å²) in [6.45, 7) is 4.66. The first-order valence-electron chi connectivity index (χ1n) is 11.1. The zero-order valence-corrected chi connectivity index (χ0v) is 17.3. The minimum absolute atomic E-state index is 0.0250. The zero-order chi connectivity index (χ0) is 20.4. The van der Waals surface area contributed by atoms with Crippen molar-refractivity contribution in [3.8, 4) is 0 Å². The highest BCUT2D eigenvalue weighted by molar-refractivity contribution is 5.98. The highest BCUT2D eigenvalue weighted by atomic mass is 19.1. The summed E-state index contributed by atoms with van der Waals surface area (Å²) < 4.78 is 13.3. The van der Waals surface area contributed by atoms with Crippen molar-refractivity contribution in [2.24, 2.45) is 34.5 Å². The SMILES string of the molecule is C[C@]12C=CC(=O)N[C@@H]1CC[C@@H]1[C@@H]2CC[C@]2(C)[C@@H](C(=O)c3ccc(F)cc3)CC[C@@H]12. The number of hydrogen-bond acceptors (Lipinski definition) is 2. The Kier molecular flexibility index (Phi) is 4.27. The summed E-state index contributed by atoms with van der Waals surface area (Å²) in [7, 11) is 0. The van der Waals surface area contributed by atoms with Crippen molar-refractivity contribution < 1.29 is 14.0 Å². The Labute approximate surface area is 172 Å². The Morgan fingerprint density at radius 1 is 1.03 bits per heavy atom. The van der Waals surface area contributed by atoms with Gasteiger partial charge in [-0.25, -0.2) is 4.39 Å². The number of carbonyl (C=O) groups excluding carboxylic acids is 2. The van der Waals surface area contributed by atoms with E-state index in [1.807, 2.05) is 0 Å². The molecule has 0 aromatic heterocycles. The molecule has 5 rings (SSSR count). The Bertz CT molecular complexity index is 877. The van der Waals surface area contributed by atoms with E-state index in [2.05, 4.69) is 25.2 Å². The van der Waals surface area contributed by atoms with Crippen LogP contribution in [-0.2, 0) is 4.79 Å². The van der Waals surface area contributed by atoms with Gasteiger partial charge in [0, 0.05) is 22.9 Å². The van der Waals surface area contributed by atoms with Crippen molar-refractivity contribution >= 4 is 11.7 Å². The number of nitrogens with one attached hydrogen (secondary N) is 1. The van der Waals surface area contributed by atoms with Gasteiger partial charge in [0.15, 0.2) is 5.78 Å². The first-order valence-corrected chi connectivity index (χ1v) is 11.1. The third-order valence-corrected chi connectivity index (χ3v) is 9.13. The van der Waals surface area contributed by atoms with E-state index in [0.29, 0.717) is 23.3 Å².